The van der Waals surface area contributed by atoms with E-state index >= 15 is 0 Å². The second-order valence-corrected chi connectivity index (χ2v) is 4.09. The minimum atomic E-state index is -4.41. The number of thioether (sulfide) groups is 1. The molecule has 0 nitrogen and oxygen atoms in total. The van der Waals surface area contributed by atoms with Crippen molar-refractivity contribution in [2.75, 3.05) is 0 Å². The van der Waals surface area contributed by atoms with Gasteiger partial charge in [0.15, 0.2) is 0 Å². The van der Waals surface area contributed by atoms with E-state index in [1.54, 1.807) is 0 Å². The maximum absolute atomic E-state index is 12.8. The molecular formula is C8H5ClF4S. The van der Waals surface area contributed by atoms with Crippen LogP contribution in [0.1, 0.15) is 5.56 Å². The number of hydrogen-bond acceptors (Lipinski definition) is 1. The van der Waals surface area contributed by atoms with Gasteiger partial charge in [-0.25, -0.2) is 4.39 Å². The molecule has 0 fully saturated rings. The Bertz CT molecular complexity index is 348. The molecule has 0 amide bonds. The largest absolute Gasteiger partial charge is 0.446 e. The molecule has 0 bridgehead atoms. The summed E-state index contributed by atoms with van der Waals surface area (Å²) in [6.07, 6.45) is 0. The van der Waals surface area contributed by atoms with E-state index in [1.165, 1.54) is 6.92 Å². The van der Waals surface area contributed by atoms with Crippen molar-refractivity contribution in [2.45, 2.75) is 17.3 Å². The minimum Gasteiger partial charge on any atom is -0.207 e. The number of hydrogen-bond donors (Lipinski definition) is 0. The van der Waals surface area contributed by atoms with Gasteiger partial charge in [-0.05, 0) is 36.4 Å². The highest BCUT2D eigenvalue weighted by atomic mass is 35.5. The molecule has 0 spiro atoms. The summed E-state index contributed by atoms with van der Waals surface area (Å²) in [5.41, 5.74) is -4.27. The Labute approximate surface area is 87.2 Å². The lowest BCUT2D eigenvalue weighted by atomic mass is 10.2. The van der Waals surface area contributed by atoms with E-state index in [0.29, 0.717) is 0 Å². The van der Waals surface area contributed by atoms with Gasteiger partial charge in [0.1, 0.15) is 5.82 Å². The highest BCUT2D eigenvalue weighted by Crippen LogP contribution is 2.40. The first-order valence-corrected chi connectivity index (χ1v) is 4.70. The van der Waals surface area contributed by atoms with Crippen LogP contribution >= 0.6 is 23.4 Å². The highest BCUT2D eigenvalue weighted by Gasteiger charge is 2.30. The fourth-order valence-corrected chi connectivity index (χ4v) is 1.74. The molecule has 1 aromatic carbocycles. The first-order chi connectivity index (χ1) is 6.29. The van der Waals surface area contributed by atoms with Gasteiger partial charge in [-0.3, -0.25) is 0 Å². The standard InChI is InChI=1S/C8H5ClF4S/c1-4-2-7(14-8(11,12)13)5(9)3-6(4)10/h2-3H,1H3. The van der Waals surface area contributed by atoms with Gasteiger partial charge in [0.25, 0.3) is 0 Å². The zero-order chi connectivity index (χ0) is 10.9. The van der Waals surface area contributed by atoms with Crippen LogP contribution in [0, 0.1) is 12.7 Å². The molecule has 1 aromatic rings. The summed E-state index contributed by atoms with van der Waals surface area (Å²) in [7, 11) is 0. The lowest BCUT2D eigenvalue weighted by Crippen LogP contribution is -2.00. The van der Waals surface area contributed by atoms with E-state index in [0.717, 1.165) is 12.1 Å². The molecule has 0 saturated heterocycles. The molecule has 0 radical (unpaired) electrons. The van der Waals surface area contributed by atoms with Crippen molar-refractivity contribution in [1.29, 1.82) is 0 Å². The first-order valence-electron chi connectivity index (χ1n) is 3.51. The highest BCUT2D eigenvalue weighted by molar-refractivity contribution is 8.00. The summed E-state index contributed by atoms with van der Waals surface area (Å²) in [6.45, 7) is 1.38. The van der Waals surface area contributed by atoms with Gasteiger partial charge < -0.3 is 0 Å². The molecule has 0 unspecified atom stereocenters. The molecule has 1 rings (SSSR count). The van der Waals surface area contributed by atoms with Crippen LogP contribution in [0.2, 0.25) is 5.02 Å². The van der Waals surface area contributed by atoms with Crippen LogP contribution in [-0.2, 0) is 0 Å². The van der Waals surface area contributed by atoms with Crippen LogP contribution in [0.25, 0.3) is 0 Å². The summed E-state index contributed by atoms with van der Waals surface area (Å²) in [4.78, 5) is -0.182. The Kier molecular flexibility index (Phi) is 3.32. The van der Waals surface area contributed by atoms with Gasteiger partial charge in [0.2, 0.25) is 0 Å². The second kappa shape index (κ2) is 3.98. The van der Waals surface area contributed by atoms with E-state index < -0.39 is 11.3 Å². The molecule has 78 valence electrons. The Morgan fingerprint density at radius 3 is 2.36 bits per heavy atom. The fourth-order valence-electron chi connectivity index (χ4n) is 0.834. The first kappa shape index (κ1) is 11.7. The Morgan fingerprint density at radius 1 is 1.29 bits per heavy atom. The van der Waals surface area contributed by atoms with Crippen molar-refractivity contribution in [3.63, 3.8) is 0 Å². The van der Waals surface area contributed by atoms with Crippen LogP contribution in [0.3, 0.4) is 0 Å². The number of alkyl halides is 3. The van der Waals surface area contributed by atoms with Gasteiger partial charge >= 0.3 is 5.51 Å². The third kappa shape index (κ3) is 3.06. The van der Waals surface area contributed by atoms with Crippen LogP contribution in [0.5, 0.6) is 0 Å². The lowest BCUT2D eigenvalue weighted by molar-refractivity contribution is -0.0328. The van der Waals surface area contributed by atoms with E-state index in [2.05, 4.69) is 0 Å². The van der Waals surface area contributed by atoms with Crippen molar-refractivity contribution < 1.29 is 17.6 Å². The SMILES string of the molecule is Cc1cc(SC(F)(F)F)c(Cl)cc1F. The maximum Gasteiger partial charge on any atom is 0.446 e. The van der Waals surface area contributed by atoms with Crippen molar-refractivity contribution >= 4 is 23.4 Å². The van der Waals surface area contributed by atoms with E-state index in [4.69, 9.17) is 11.6 Å². The second-order valence-electron chi connectivity index (χ2n) is 2.58. The van der Waals surface area contributed by atoms with Crippen molar-refractivity contribution in [1.82, 2.24) is 0 Å². The normalized spacial score (nSPS) is 11.9. The van der Waals surface area contributed by atoms with Gasteiger partial charge in [-0.15, -0.1) is 0 Å². The molecule has 0 N–H and O–H groups in total. The molecule has 14 heavy (non-hydrogen) atoms. The van der Waals surface area contributed by atoms with E-state index in [9.17, 15) is 17.6 Å². The summed E-state index contributed by atoms with van der Waals surface area (Å²) >= 11 is 5.10. The van der Waals surface area contributed by atoms with Gasteiger partial charge in [0.05, 0.1) is 5.02 Å². The monoisotopic (exact) mass is 244 g/mol. The molecule has 0 aliphatic carbocycles. The Morgan fingerprint density at radius 2 is 1.86 bits per heavy atom. The third-order valence-corrected chi connectivity index (χ3v) is 2.65. The molecule has 0 aliphatic rings. The van der Waals surface area contributed by atoms with Crippen molar-refractivity contribution in [3.8, 4) is 0 Å². The molecule has 0 saturated carbocycles. The molecule has 0 aliphatic heterocycles. The molecule has 0 aromatic heterocycles. The Balaban J connectivity index is 3.04. The van der Waals surface area contributed by atoms with Gasteiger partial charge in [0, 0.05) is 4.90 Å². The topological polar surface area (TPSA) is 0 Å². The number of benzene rings is 1. The zero-order valence-electron chi connectivity index (χ0n) is 6.95. The van der Waals surface area contributed by atoms with Crippen LogP contribution < -0.4 is 0 Å². The minimum absolute atomic E-state index is 0.140. The Hall–Kier alpha value is -0.420. The van der Waals surface area contributed by atoms with Crippen molar-refractivity contribution in [3.05, 3.63) is 28.5 Å². The van der Waals surface area contributed by atoms with Crippen LogP contribution in [-0.4, -0.2) is 5.51 Å². The quantitative estimate of drug-likeness (QED) is 0.521. The fraction of sp³-hybridized carbons (Fsp3) is 0.250. The van der Waals surface area contributed by atoms with Gasteiger partial charge in [-0.1, -0.05) is 11.6 Å². The summed E-state index contributed by atoms with van der Waals surface area (Å²) in [6, 6.07) is 1.96. The number of halogens is 5. The van der Waals surface area contributed by atoms with E-state index in [-0.39, 0.29) is 27.2 Å². The molecule has 6 heteroatoms. The molecule has 0 heterocycles. The smallest absolute Gasteiger partial charge is 0.207 e. The maximum atomic E-state index is 12.8. The average Bonchev–Trinajstić information content (AvgIpc) is 1.97. The average molecular weight is 245 g/mol. The summed E-state index contributed by atoms with van der Waals surface area (Å²) < 4.78 is 48.7. The molecule has 0 atom stereocenters. The van der Waals surface area contributed by atoms with Crippen molar-refractivity contribution in [2.24, 2.45) is 0 Å². The zero-order valence-corrected chi connectivity index (χ0v) is 8.53. The third-order valence-electron chi connectivity index (χ3n) is 1.44. The summed E-state index contributed by atoms with van der Waals surface area (Å²) in [5, 5.41) is -0.226. The predicted octanol–water partition coefficient (Wildman–Crippen LogP) is 4.40. The predicted molar refractivity (Wildman–Crippen MR) is 48.1 cm³/mol. The molecular weight excluding hydrogens is 240 g/mol. The number of rotatable bonds is 1. The summed E-state index contributed by atoms with van der Waals surface area (Å²) in [5.74, 6) is -0.610. The number of aryl methyl sites for hydroxylation is 1. The van der Waals surface area contributed by atoms with Crippen LogP contribution in [0.4, 0.5) is 17.6 Å². The van der Waals surface area contributed by atoms with Gasteiger partial charge in [-0.2, -0.15) is 13.2 Å². The lowest BCUT2D eigenvalue weighted by Gasteiger charge is -2.08. The van der Waals surface area contributed by atoms with Crippen LogP contribution in [0.15, 0.2) is 17.0 Å². The van der Waals surface area contributed by atoms with E-state index in [1.807, 2.05) is 0 Å².